The van der Waals surface area contributed by atoms with Crippen LogP contribution in [0.2, 0.25) is 0 Å². The molecule has 0 fully saturated rings. The number of ether oxygens (including phenoxy) is 1. The molecule has 2 aromatic rings. The minimum Gasteiger partial charge on any atom is -0.487 e. The zero-order valence-corrected chi connectivity index (χ0v) is 8.38. The molecule has 0 amide bonds. The fourth-order valence-corrected chi connectivity index (χ4v) is 1.22. The van der Waals surface area contributed by atoms with E-state index in [1.807, 2.05) is 6.07 Å². The van der Waals surface area contributed by atoms with Crippen LogP contribution in [0.1, 0.15) is 11.1 Å². The third kappa shape index (κ3) is 2.12. The number of nitrogens with zero attached hydrogens (tertiary/aromatic N) is 2. The number of hydrogen-bond acceptors (Lipinski definition) is 5. The van der Waals surface area contributed by atoms with E-state index in [9.17, 15) is 0 Å². The van der Waals surface area contributed by atoms with Gasteiger partial charge in [-0.1, -0.05) is 5.16 Å². The quantitative estimate of drug-likeness (QED) is 0.787. The second-order valence-corrected chi connectivity index (χ2v) is 3.19. The molecule has 0 aliphatic carbocycles. The summed E-state index contributed by atoms with van der Waals surface area (Å²) in [5.41, 5.74) is 7.32. The minimum absolute atomic E-state index is 0.308. The van der Waals surface area contributed by atoms with Crippen molar-refractivity contribution >= 4 is 5.69 Å². The van der Waals surface area contributed by atoms with Crippen LogP contribution in [-0.4, -0.2) is 5.16 Å². The van der Waals surface area contributed by atoms with Gasteiger partial charge >= 0.3 is 0 Å². The number of anilines is 1. The number of nitrogens with two attached hydrogens (primary N) is 1. The third-order valence-corrected chi connectivity index (χ3v) is 2.00. The molecule has 0 bridgehead atoms. The Morgan fingerprint density at radius 2 is 2.38 bits per heavy atom. The number of rotatable bonds is 3. The standard InChI is InChI=1S/C11H9N3O2/c12-4-9-3-10(13)1-2-11(9)15-6-8-5-14-16-7-8/h1-3,5,7H,6,13H2. The molecule has 0 aliphatic rings. The van der Waals surface area contributed by atoms with Crippen LogP contribution in [0, 0.1) is 11.3 Å². The van der Waals surface area contributed by atoms with Crippen molar-refractivity contribution < 1.29 is 9.26 Å². The van der Waals surface area contributed by atoms with E-state index in [1.165, 1.54) is 6.26 Å². The Bertz CT molecular complexity index is 515. The number of nitriles is 1. The van der Waals surface area contributed by atoms with Gasteiger partial charge in [-0.25, -0.2) is 0 Å². The fraction of sp³-hybridized carbons (Fsp3) is 0.0909. The molecule has 0 spiro atoms. The summed E-state index contributed by atoms with van der Waals surface area (Å²) in [5, 5.41) is 12.4. The van der Waals surface area contributed by atoms with Gasteiger partial charge in [-0.3, -0.25) is 0 Å². The lowest BCUT2D eigenvalue weighted by molar-refractivity contribution is 0.303. The summed E-state index contributed by atoms with van der Waals surface area (Å²) in [6, 6.07) is 6.95. The van der Waals surface area contributed by atoms with E-state index in [-0.39, 0.29) is 0 Å². The lowest BCUT2D eigenvalue weighted by Gasteiger charge is -2.06. The van der Waals surface area contributed by atoms with Crippen molar-refractivity contribution in [1.29, 1.82) is 5.26 Å². The molecular formula is C11H9N3O2. The maximum absolute atomic E-state index is 8.88. The SMILES string of the molecule is N#Cc1cc(N)ccc1OCc1cnoc1. The van der Waals surface area contributed by atoms with Gasteiger partial charge in [0.15, 0.2) is 0 Å². The second kappa shape index (κ2) is 4.36. The Kier molecular flexibility index (Phi) is 2.74. The summed E-state index contributed by atoms with van der Waals surface area (Å²) in [5.74, 6) is 0.498. The average Bonchev–Trinajstić information content (AvgIpc) is 2.80. The first-order valence-electron chi connectivity index (χ1n) is 4.60. The highest BCUT2D eigenvalue weighted by molar-refractivity contribution is 5.53. The molecule has 1 heterocycles. The van der Waals surface area contributed by atoms with Gasteiger partial charge in [0, 0.05) is 11.3 Å². The first-order valence-corrected chi connectivity index (χ1v) is 4.60. The van der Waals surface area contributed by atoms with Gasteiger partial charge < -0.3 is 15.0 Å². The third-order valence-electron chi connectivity index (χ3n) is 2.00. The van der Waals surface area contributed by atoms with E-state index in [2.05, 4.69) is 9.68 Å². The van der Waals surface area contributed by atoms with E-state index < -0.39 is 0 Å². The molecule has 2 rings (SSSR count). The number of benzene rings is 1. The Labute approximate surface area is 92.0 Å². The smallest absolute Gasteiger partial charge is 0.137 e. The molecule has 16 heavy (non-hydrogen) atoms. The maximum atomic E-state index is 8.88. The van der Waals surface area contributed by atoms with Crippen molar-refractivity contribution in [2.75, 3.05) is 5.73 Å². The molecule has 80 valence electrons. The molecular weight excluding hydrogens is 206 g/mol. The Balaban J connectivity index is 2.13. The van der Waals surface area contributed by atoms with Gasteiger partial charge in [-0.05, 0) is 18.2 Å². The molecule has 5 heteroatoms. The zero-order valence-electron chi connectivity index (χ0n) is 8.38. The lowest BCUT2D eigenvalue weighted by atomic mass is 10.2. The summed E-state index contributed by atoms with van der Waals surface area (Å²) < 4.78 is 10.1. The highest BCUT2D eigenvalue weighted by Crippen LogP contribution is 2.21. The van der Waals surface area contributed by atoms with Crippen LogP contribution in [-0.2, 0) is 6.61 Å². The van der Waals surface area contributed by atoms with Crippen LogP contribution in [0.15, 0.2) is 35.2 Å². The number of aromatic nitrogens is 1. The van der Waals surface area contributed by atoms with E-state index in [0.29, 0.717) is 23.6 Å². The van der Waals surface area contributed by atoms with Crippen LogP contribution in [0.4, 0.5) is 5.69 Å². The molecule has 5 nitrogen and oxygen atoms in total. The predicted octanol–water partition coefficient (Wildman–Crippen LogP) is 1.71. The number of nitrogen functional groups attached to an aromatic ring is 1. The van der Waals surface area contributed by atoms with E-state index in [1.54, 1.807) is 24.4 Å². The van der Waals surface area contributed by atoms with Crippen molar-refractivity contribution in [3.63, 3.8) is 0 Å². The van der Waals surface area contributed by atoms with Gasteiger partial charge in [0.1, 0.15) is 24.7 Å². The molecule has 0 atom stereocenters. The first kappa shape index (κ1) is 10.1. The average molecular weight is 215 g/mol. The summed E-state index contributed by atoms with van der Waals surface area (Å²) in [7, 11) is 0. The Hall–Kier alpha value is -2.48. The highest BCUT2D eigenvalue weighted by Gasteiger charge is 2.04. The van der Waals surface area contributed by atoms with Crippen LogP contribution >= 0.6 is 0 Å². The van der Waals surface area contributed by atoms with Crippen molar-refractivity contribution in [3.8, 4) is 11.8 Å². The fourth-order valence-electron chi connectivity index (χ4n) is 1.22. The maximum Gasteiger partial charge on any atom is 0.137 e. The van der Waals surface area contributed by atoms with Crippen LogP contribution < -0.4 is 10.5 Å². The van der Waals surface area contributed by atoms with Crippen molar-refractivity contribution in [3.05, 3.63) is 41.8 Å². The largest absolute Gasteiger partial charge is 0.487 e. The Morgan fingerprint density at radius 3 is 3.06 bits per heavy atom. The van der Waals surface area contributed by atoms with Crippen LogP contribution in [0.25, 0.3) is 0 Å². The summed E-state index contributed by atoms with van der Waals surface area (Å²) in [4.78, 5) is 0. The van der Waals surface area contributed by atoms with Gasteiger partial charge in [-0.15, -0.1) is 0 Å². The van der Waals surface area contributed by atoms with Gasteiger partial charge in [0.25, 0.3) is 0 Å². The van der Waals surface area contributed by atoms with Gasteiger partial charge in [-0.2, -0.15) is 5.26 Å². The van der Waals surface area contributed by atoms with E-state index in [0.717, 1.165) is 5.56 Å². The molecule has 1 aromatic heterocycles. The molecule has 0 saturated heterocycles. The summed E-state index contributed by atoms with van der Waals surface area (Å²) in [6.07, 6.45) is 3.05. The van der Waals surface area contributed by atoms with Gasteiger partial charge in [0.05, 0.1) is 11.8 Å². The molecule has 0 radical (unpaired) electrons. The zero-order chi connectivity index (χ0) is 11.4. The first-order chi connectivity index (χ1) is 7.79. The minimum atomic E-state index is 0.308. The topological polar surface area (TPSA) is 85.1 Å². The molecule has 2 N–H and O–H groups in total. The van der Waals surface area contributed by atoms with E-state index in [4.69, 9.17) is 15.7 Å². The summed E-state index contributed by atoms with van der Waals surface area (Å²) in [6.45, 7) is 0.308. The lowest BCUT2D eigenvalue weighted by Crippen LogP contribution is -1.97. The normalized spacial score (nSPS) is 9.69. The van der Waals surface area contributed by atoms with Crippen molar-refractivity contribution in [2.45, 2.75) is 6.61 Å². The highest BCUT2D eigenvalue weighted by atomic mass is 16.5. The second-order valence-electron chi connectivity index (χ2n) is 3.19. The van der Waals surface area contributed by atoms with Crippen molar-refractivity contribution in [1.82, 2.24) is 5.16 Å². The van der Waals surface area contributed by atoms with Crippen molar-refractivity contribution in [2.24, 2.45) is 0 Å². The monoisotopic (exact) mass is 215 g/mol. The number of hydrogen-bond donors (Lipinski definition) is 1. The Morgan fingerprint density at radius 1 is 1.50 bits per heavy atom. The predicted molar refractivity (Wildman–Crippen MR) is 56.4 cm³/mol. The molecule has 0 aliphatic heterocycles. The summed E-state index contributed by atoms with van der Waals surface area (Å²) >= 11 is 0. The molecule has 1 aromatic carbocycles. The molecule has 0 saturated carbocycles. The van der Waals surface area contributed by atoms with E-state index >= 15 is 0 Å². The molecule has 0 unspecified atom stereocenters. The van der Waals surface area contributed by atoms with Crippen LogP contribution in [0.3, 0.4) is 0 Å². The van der Waals surface area contributed by atoms with Crippen LogP contribution in [0.5, 0.6) is 5.75 Å². The van der Waals surface area contributed by atoms with Gasteiger partial charge in [0.2, 0.25) is 0 Å².